The smallest absolute Gasteiger partial charge is 0.306 e. The summed E-state index contributed by atoms with van der Waals surface area (Å²) in [5, 5.41) is 0. The number of rotatable bonds is 10. The van der Waals surface area contributed by atoms with Gasteiger partial charge in [0.15, 0.2) is 0 Å². The minimum atomic E-state index is -0.0838. The molecule has 17 heavy (non-hydrogen) atoms. The number of ether oxygens (including phenoxy) is 3. The lowest BCUT2D eigenvalue weighted by molar-refractivity contribution is -0.141. The van der Waals surface area contributed by atoms with E-state index < -0.39 is 0 Å². The van der Waals surface area contributed by atoms with Gasteiger partial charge in [-0.3, -0.25) is 4.79 Å². The van der Waals surface area contributed by atoms with Crippen LogP contribution in [0.4, 0.5) is 0 Å². The summed E-state index contributed by atoms with van der Waals surface area (Å²) in [7, 11) is 3.12. The maximum absolute atomic E-state index is 11.2. The van der Waals surface area contributed by atoms with Crippen molar-refractivity contribution < 1.29 is 19.0 Å². The second-order valence-electron chi connectivity index (χ2n) is 4.41. The van der Waals surface area contributed by atoms with Crippen molar-refractivity contribution in [2.24, 2.45) is 5.41 Å². The molecule has 5 heteroatoms. The third kappa shape index (κ3) is 6.29. The predicted octanol–water partition coefficient (Wildman–Crippen LogP) is 1.73. The molecule has 0 aromatic carbocycles. The van der Waals surface area contributed by atoms with Crippen molar-refractivity contribution in [2.45, 2.75) is 19.3 Å². The van der Waals surface area contributed by atoms with Crippen molar-refractivity contribution in [2.75, 3.05) is 45.5 Å². The summed E-state index contributed by atoms with van der Waals surface area (Å²) in [5.74, 6) is 1.93. The van der Waals surface area contributed by atoms with E-state index in [4.69, 9.17) is 14.2 Å². The van der Waals surface area contributed by atoms with Gasteiger partial charge in [-0.2, -0.15) is 11.8 Å². The Bertz CT molecular complexity index is 229. The quantitative estimate of drug-likeness (QED) is 0.443. The molecule has 0 N–H and O–H groups in total. The zero-order valence-corrected chi connectivity index (χ0v) is 11.5. The molecule has 100 valence electrons. The third-order valence-corrected chi connectivity index (χ3v) is 4.19. The van der Waals surface area contributed by atoms with Crippen molar-refractivity contribution in [3.8, 4) is 0 Å². The van der Waals surface area contributed by atoms with Crippen LogP contribution in [0.15, 0.2) is 0 Å². The molecular weight excluding hydrogens is 240 g/mol. The number of carbonyl (C=O) groups is 1. The van der Waals surface area contributed by atoms with Crippen LogP contribution in [0, 0.1) is 5.41 Å². The third-order valence-electron chi connectivity index (χ3n) is 2.92. The Morgan fingerprint density at radius 1 is 1.24 bits per heavy atom. The van der Waals surface area contributed by atoms with Crippen LogP contribution in [0.5, 0.6) is 0 Å². The summed E-state index contributed by atoms with van der Waals surface area (Å²) in [5.41, 5.74) is 0.226. The molecule has 1 saturated carbocycles. The van der Waals surface area contributed by atoms with Crippen molar-refractivity contribution >= 4 is 17.7 Å². The number of methoxy groups -OCH3 is 2. The van der Waals surface area contributed by atoms with E-state index in [1.165, 1.54) is 7.11 Å². The summed E-state index contributed by atoms with van der Waals surface area (Å²) in [6, 6.07) is 0. The molecule has 1 aliphatic carbocycles. The average Bonchev–Trinajstić information content (AvgIpc) is 3.08. The lowest BCUT2D eigenvalue weighted by Gasteiger charge is -2.12. The predicted molar refractivity (Wildman–Crippen MR) is 68.3 cm³/mol. The minimum absolute atomic E-state index is 0.0838. The van der Waals surface area contributed by atoms with Crippen molar-refractivity contribution in [3.05, 3.63) is 0 Å². The Morgan fingerprint density at radius 2 is 2.00 bits per heavy atom. The van der Waals surface area contributed by atoms with Gasteiger partial charge in [-0.15, -0.1) is 0 Å². The van der Waals surface area contributed by atoms with Crippen LogP contribution < -0.4 is 0 Å². The van der Waals surface area contributed by atoms with Crippen LogP contribution in [0.1, 0.15) is 19.3 Å². The Morgan fingerprint density at radius 3 is 2.59 bits per heavy atom. The highest BCUT2D eigenvalue weighted by Gasteiger charge is 2.44. The first-order valence-corrected chi connectivity index (χ1v) is 7.09. The molecule has 0 bridgehead atoms. The molecule has 0 aliphatic heterocycles. The van der Waals surface area contributed by atoms with Gasteiger partial charge in [0.25, 0.3) is 0 Å². The maximum Gasteiger partial charge on any atom is 0.306 e. The van der Waals surface area contributed by atoms with Gasteiger partial charge in [0.2, 0.25) is 0 Å². The second-order valence-corrected chi connectivity index (χ2v) is 5.52. The van der Waals surface area contributed by atoms with E-state index >= 15 is 0 Å². The number of thioether (sulfide) groups is 1. The molecule has 0 atom stereocenters. The Balaban J connectivity index is 1.97. The number of hydrogen-bond acceptors (Lipinski definition) is 5. The summed E-state index contributed by atoms with van der Waals surface area (Å²) in [6.45, 7) is 2.06. The fraction of sp³-hybridized carbons (Fsp3) is 0.917. The number of carbonyl (C=O) groups excluding carboxylic acids is 1. The van der Waals surface area contributed by atoms with Gasteiger partial charge >= 0.3 is 5.97 Å². The molecule has 4 nitrogen and oxygen atoms in total. The van der Waals surface area contributed by atoms with Gasteiger partial charge < -0.3 is 14.2 Å². The SMILES string of the molecule is COCCOCCSCC1(CC(=O)OC)CC1. The van der Waals surface area contributed by atoms with Crippen molar-refractivity contribution in [3.63, 3.8) is 0 Å². The molecule has 0 saturated heterocycles. The van der Waals surface area contributed by atoms with Gasteiger partial charge in [-0.25, -0.2) is 0 Å². The van der Waals surface area contributed by atoms with E-state index in [2.05, 4.69) is 0 Å². The lowest BCUT2D eigenvalue weighted by atomic mass is 10.1. The average molecular weight is 262 g/mol. The summed E-state index contributed by atoms with van der Waals surface area (Å²) in [6.07, 6.45) is 2.88. The Kier molecular flexibility index (Phi) is 6.92. The molecule has 0 aromatic rings. The van der Waals surface area contributed by atoms with Crippen LogP contribution in [0.25, 0.3) is 0 Å². The molecule has 0 aromatic heterocycles. The topological polar surface area (TPSA) is 44.8 Å². The maximum atomic E-state index is 11.2. The highest BCUT2D eigenvalue weighted by Crippen LogP contribution is 2.51. The summed E-state index contributed by atoms with van der Waals surface area (Å²) in [4.78, 5) is 11.2. The first-order valence-electron chi connectivity index (χ1n) is 5.94. The van der Waals surface area contributed by atoms with E-state index in [9.17, 15) is 4.79 Å². The van der Waals surface area contributed by atoms with Crippen molar-refractivity contribution in [1.82, 2.24) is 0 Å². The fourth-order valence-electron chi connectivity index (χ4n) is 1.58. The van der Waals surface area contributed by atoms with Gasteiger partial charge in [-0.05, 0) is 24.0 Å². The number of esters is 1. The van der Waals surface area contributed by atoms with E-state index in [0.29, 0.717) is 19.6 Å². The number of hydrogen-bond donors (Lipinski definition) is 0. The van der Waals surface area contributed by atoms with Crippen LogP contribution in [-0.4, -0.2) is 51.5 Å². The zero-order chi connectivity index (χ0) is 12.6. The van der Waals surface area contributed by atoms with Gasteiger partial charge in [-0.1, -0.05) is 0 Å². The molecule has 1 rings (SSSR count). The van der Waals surface area contributed by atoms with Crippen LogP contribution in [0.2, 0.25) is 0 Å². The summed E-state index contributed by atoms with van der Waals surface area (Å²) >= 11 is 1.86. The monoisotopic (exact) mass is 262 g/mol. The fourth-order valence-corrected chi connectivity index (χ4v) is 2.78. The lowest BCUT2D eigenvalue weighted by Crippen LogP contribution is -2.14. The first-order chi connectivity index (χ1) is 8.22. The highest BCUT2D eigenvalue weighted by atomic mass is 32.2. The summed E-state index contributed by atoms with van der Waals surface area (Å²) < 4.78 is 15.0. The molecule has 0 amide bonds. The molecule has 0 heterocycles. The Hall–Kier alpha value is -0.260. The Labute approximate surface area is 107 Å². The van der Waals surface area contributed by atoms with Crippen molar-refractivity contribution in [1.29, 1.82) is 0 Å². The van der Waals surface area contributed by atoms with Gasteiger partial charge in [0.1, 0.15) is 0 Å². The molecule has 1 fully saturated rings. The highest BCUT2D eigenvalue weighted by molar-refractivity contribution is 7.99. The van der Waals surface area contributed by atoms with Gasteiger partial charge in [0.05, 0.1) is 33.4 Å². The van der Waals surface area contributed by atoms with E-state index in [1.807, 2.05) is 11.8 Å². The van der Waals surface area contributed by atoms with Gasteiger partial charge in [0, 0.05) is 12.9 Å². The zero-order valence-electron chi connectivity index (χ0n) is 10.7. The van der Waals surface area contributed by atoms with E-state index in [-0.39, 0.29) is 11.4 Å². The van der Waals surface area contributed by atoms with E-state index in [1.54, 1.807) is 7.11 Å². The van der Waals surface area contributed by atoms with Crippen LogP contribution in [0.3, 0.4) is 0 Å². The normalized spacial score (nSPS) is 16.8. The molecule has 0 spiro atoms. The molecular formula is C12H22O4S. The van der Waals surface area contributed by atoms with E-state index in [0.717, 1.165) is 31.0 Å². The standard InChI is InChI=1S/C12H22O4S/c1-14-5-6-16-7-8-17-10-12(3-4-12)9-11(13)15-2/h3-10H2,1-2H3. The first kappa shape index (κ1) is 14.8. The largest absolute Gasteiger partial charge is 0.469 e. The van der Waals surface area contributed by atoms with Crippen LogP contribution >= 0.6 is 11.8 Å². The second kappa shape index (κ2) is 7.95. The molecule has 0 unspecified atom stereocenters. The minimum Gasteiger partial charge on any atom is -0.469 e. The van der Waals surface area contributed by atoms with Crippen LogP contribution in [-0.2, 0) is 19.0 Å². The molecule has 0 radical (unpaired) electrons. The molecule has 1 aliphatic rings.